The van der Waals surface area contributed by atoms with Gasteiger partial charge in [0.2, 0.25) is 5.91 Å². The molecule has 3 atom stereocenters. The minimum Gasteiger partial charge on any atom is -0.343 e. The maximum absolute atomic E-state index is 11.6. The number of rotatable bonds is 6. The summed E-state index contributed by atoms with van der Waals surface area (Å²) < 4.78 is 0. The minimum absolute atomic E-state index is 0.0135. The van der Waals surface area contributed by atoms with Crippen LogP contribution in [0.15, 0.2) is 0 Å². The summed E-state index contributed by atoms with van der Waals surface area (Å²) in [5.41, 5.74) is 5.63. The van der Waals surface area contributed by atoms with Gasteiger partial charge in [0, 0.05) is 12.0 Å². The van der Waals surface area contributed by atoms with Crippen molar-refractivity contribution in [2.75, 3.05) is 0 Å². The van der Waals surface area contributed by atoms with E-state index in [0.717, 1.165) is 19.3 Å². The standard InChI is InChI=1S/C12H22N2O/c1-5-11(4)14-12(15)9(2)7-6-8-10(3)13/h1,9-11H,6-8,13H2,2-4H3,(H,14,15). The predicted molar refractivity (Wildman–Crippen MR) is 63.1 cm³/mol. The van der Waals surface area contributed by atoms with Crippen LogP contribution in [0, 0.1) is 18.3 Å². The summed E-state index contributed by atoms with van der Waals surface area (Å²) in [6.07, 6.45) is 7.99. The van der Waals surface area contributed by atoms with Crippen molar-refractivity contribution in [3.63, 3.8) is 0 Å². The lowest BCUT2D eigenvalue weighted by molar-refractivity contribution is -0.125. The zero-order valence-electron chi connectivity index (χ0n) is 9.92. The van der Waals surface area contributed by atoms with E-state index in [1.165, 1.54) is 0 Å². The first-order valence-electron chi connectivity index (χ1n) is 5.49. The fourth-order valence-corrected chi connectivity index (χ4v) is 1.27. The molecule has 0 aromatic carbocycles. The van der Waals surface area contributed by atoms with Crippen LogP contribution in [-0.4, -0.2) is 18.0 Å². The summed E-state index contributed by atoms with van der Waals surface area (Å²) in [6.45, 7) is 5.69. The second-order valence-corrected chi connectivity index (χ2v) is 4.21. The molecular weight excluding hydrogens is 188 g/mol. The molecule has 3 nitrogen and oxygen atoms in total. The Morgan fingerprint density at radius 3 is 2.47 bits per heavy atom. The highest BCUT2D eigenvalue weighted by Gasteiger charge is 2.13. The summed E-state index contributed by atoms with van der Waals surface area (Å²) in [7, 11) is 0. The van der Waals surface area contributed by atoms with E-state index in [-0.39, 0.29) is 23.9 Å². The number of carbonyl (C=O) groups excluding carboxylic acids is 1. The Kier molecular flexibility index (Phi) is 6.81. The Labute approximate surface area is 92.8 Å². The molecule has 15 heavy (non-hydrogen) atoms. The average molecular weight is 210 g/mol. The molecule has 0 radical (unpaired) electrons. The molecule has 0 aliphatic carbocycles. The summed E-state index contributed by atoms with van der Waals surface area (Å²) in [4.78, 5) is 11.6. The van der Waals surface area contributed by atoms with Gasteiger partial charge in [-0.25, -0.2) is 0 Å². The van der Waals surface area contributed by atoms with Crippen LogP contribution in [0.25, 0.3) is 0 Å². The second kappa shape index (κ2) is 7.30. The van der Waals surface area contributed by atoms with Crippen LogP contribution in [-0.2, 0) is 4.79 Å². The van der Waals surface area contributed by atoms with Crippen LogP contribution in [0.2, 0.25) is 0 Å². The summed E-state index contributed by atoms with van der Waals surface area (Å²) >= 11 is 0. The average Bonchev–Trinajstić information content (AvgIpc) is 2.16. The molecule has 0 saturated heterocycles. The number of nitrogens with one attached hydrogen (secondary N) is 1. The van der Waals surface area contributed by atoms with E-state index in [1.807, 2.05) is 13.8 Å². The van der Waals surface area contributed by atoms with Gasteiger partial charge in [0.25, 0.3) is 0 Å². The van der Waals surface area contributed by atoms with Crippen LogP contribution < -0.4 is 11.1 Å². The SMILES string of the molecule is C#CC(C)NC(=O)C(C)CCCC(C)N. The normalized spacial score (nSPS) is 16.2. The van der Waals surface area contributed by atoms with Crippen LogP contribution in [0.5, 0.6) is 0 Å². The molecule has 1 amide bonds. The zero-order chi connectivity index (χ0) is 11.8. The molecule has 0 aliphatic heterocycles. The van der Waals surface area contributed by atoms with Crippen molar-refractivity contribution in [1.29, 1.82) is 0 Å². The number of amides is 1. The lowest BCUT2D eigenvalue weighted by atomic mass is 10.0. The fraction of sp³-hybridized carbons (Fsp3) is 0.750. The van der Waals surface area contributed by atoms with E-state index in [4.69, 9.17) is 12.2 Å². The number of terminal acetylenes is 1. The molecule has 0 saturated carbocycles. The maximum atomic E-state index is 11.6. The maximum Gasteiger partial charge on any atom is 0.223 e. The first kappa shape index (κ1) is 14.0. The Morgan fingerprint density at radius 2 is 2.00 bits per heavy atom. The molecule has 0 aromatic heterocycles. The van der Waals surface area contributed by atoms with E-state index in [9.17, 15) is 4.79 Å². The van der Waals surface area contributed by atoms with E-state index in [0.29, 0.717) is 0 Å². The van der Waals surface area contributed by atoms with Gasteiger partial charge in [-0.2, -0.15) is 0 Å². The molecule has 3 heteroatoms. The monoisotopic (exact) mass is 210 g/mol. The topological polar surface area (TPSA) is 55.1 Å². The first-order chi connectivity index (χ1) is 6.97. The van der Waals surface area contributed by atoms with Crippen molar-refractivity contribution in [2.24, 2.45) is 11.7 Å². The third kappa shape index (κ3) is 6.98. The molecule has 3 N–H and O–H groups in total. The molecule has 3 unspecified atom stereocenters. The quantitative estimate of drug-likeness (QED) is 0.649. The molecule has 0 aromatic rings. The summed E-state index contributed by atoms with van der Waals surface area (Å²) in [6, 6.07) is 0.0262. The van der Waals surface area contributed by atoms with E-state index in [2.05, 4.69) is 11.2 Å². The van der Waals surface area contributed by atoms with Crippen molar-refractivity contribution in [3.8, 4) is 12.3 Å². The molecular formula is C12H22N2O. The van der Waals surface area contributed by atoms with Crippen LogP contribution >= 0.6 is 0 Å². The molecule has 0 aliphatic rings. The molecule has 0 spiro atoms. The highest BCUT2D eigenvalue weighted by atomic mass is 16.1. The summed E-state index contributed by atoms with van der Waals surface area (Å²) in [5.74, 6) is 2.52. The lowest BCUT2D eigenvalue weighted by Crippen LogP contribution is -2.35. The van der Waals surface area contributed by atoms with Gasteiger partial charge < -0.3 is 11.1 Å². The lowest BCUT2D eigenvalue weighted by Gasteiger charge is -2.14. The first-order valence-corrected chi connectivity index (χ1v) is 5.49. The second-order valence-electron chi connectivity index (χ2n) is 4.21. The van der Waals surface area contributed by atoms with E-state index < -0.39 is 0 Å². The molecule has 0 rings (SSSR count). The van der Waals surface area contributed by atoms with Crippen LogP contribution in [0.1, 0.15) is 40.0 Å². The van der Waals surface area contributed by atoms with E-state index in [1.54, 1.807) is 6.92 Å². The van der Waals surface area contributed by atoms with Gasteiger partial charge in [-0.1, -0.05) is 19.3 Å². The van der Waals surface area contributed by atoms with Gasteiger partial charge in [0.15, 0.2) is 0 Å². The fourth-order valence-electron chi connectivity index (χ4n) is 1.27. The van der Waals surface area contributed by atoms with Gasteiger partial charge >= 0.3 is 0 Å². The molecule has 0 bridgehead atoms. The van der Waals surface area contributed by atoms with Crippen molar-refractivity contribution in [3.05, 3.63) is 0 Å². The smallest absolute Gasteiger partial charge is 0.223 e. The number of hydrogen-bond acceptors (Lipinski definition) is 2. The van der Waals surface area contributed by atoms with Gasteiger partial charge in [-0.15, -0.1) is 6.42 Å². The third-order valence-corrected chi connectivity index (χ3v) is 2.35. The largest absolute Gasteiger partial charge is 0.343 e. The number of hydrogen-bond donors (Lipinski definition) is 2. The number of nitrogens with two attached hydrogens (primary N) is 1. The minimum atomic E-state index is -0.187. The Balaban J connectivity index is 3.75. The van der Waals surface area contributed by atoms with Crippen LogP contribution in [0.4, 0.5) is 0 Å². The highest BCUT2D eigenvalue weighted by Crippen LogP contribution is 2.09. The molecule has 0 fully saturated rings. The van der Waals surface area contributed by atoms with E-state index >= 15 is 0 Å². The Bertz CT molecular complexity index is 230. The molecule has 0 heterocycles. The third-order valence-electron chi connectivity index (χ3n) is 2.35. The van der Waals surface area contributed by atoms with Gasteiger partial charge in [0.05, 0.1) is 6.04 Å². The Hall–Kier alpha value is -1.01. The zero-order valence-corrected chi connectivity index (χ0v) is 9.92. The number of carbonyl (C=O) groups is 1. The molecule has 86 valence electrons. The Morgan fingerprint density at radius 1 is 1.40 bits per heavy atom. The summed E-state index contributed by atoms with van der Waals surface area (Å²) in [5, 5.41) is 2.76. The van der Waals surface area contributed by atoms with Gasteiger partial charge in [-0.05, 0) is 26.7 Å². The van der Waals surface area contributed by atoms with Gasteiger partial charge in [-0.3, -0.25) is 4.79 Å². The van der Waals surface area contributed by atoms with Gasteiger partial charge in [0.1, 0.15) is 0 Å². The van der Waals surface area contributed by atoms with Crippen LogP contribution in [0.3, 0.4) is 0 Å². The van der Waals surface area contributed by atoms with Crippen molar-refractivity contribution < 1.29 is 4.79 Å². The van der Waals surface area contributed by atoms with Crippen molar-refractivity contribution >= 4 is 5.91 Å². The van der Waals surface area contributed by atoms with Crippen molar-refractivity contribution in [2.45, 2.75) is 52.1 Å². The van der Waals surface area contributed by atoms with Crippen molar-refractivity contribution in [1.82, 2.24) is 5.32 Å². The highest BCUT2D eigenvalue weighted by molar-refractivity contribution is 5.78. The predicted octanol–water partition coefficient (Wildman–Crippen LogP) is 1.28.